The Labute approximate surface area is 146 Å². The molecule has 7 heteroatoms. The van der Waals surface area contributed by atoms with Gasteiger partial charge in [0.1, 0.15) is 16.9 Å². The first-order chi connectivity index (χ1) is 11.5. The lowest BCUT2D eigenvalue weighted by Gasteiger charge is -2.15. The number of pyridine rings is 1. The molecule has 2 heterocycles. The van der Waals surface area contributed by atoms with Crippen molar-refractivity contribution in [2.24, 2.45) is 0 Å². The van der Waals surface area contributed by atoms with Crippen molar-refractivity contribution < 1.29 is 9.53 Å². The number of likely N-dealkylation sites (N-methyl/N-ethyl adjacent to an activating group) is 1. The van der Waals surface area contributed by atoms with E-state index in [9.17, 15) is 4.79 Å². The first-order valence-electron chi connectivity index (χ1n) is 7.95. The highest BCUT2D eigenvalue weighted by Gasteiger charge is 2.13. The van der Waals surface area contributed by atoms with Gasteiger partial charge in [-0.3, -0.25) is 9.69 Å². The monoisotopic (exact) mass is 348 g/mol. The maximum Gasteiger partial charge on any atom is 0.239 e. The Morgan fingerprint density at radius 1 is 1.46 bits per heavy atom. The molecule has 0 bridgehead atoms. The molecule has 130 valence electrons. The summed E-state index contributed by atoms with van der Waals surface area (Å²) in [4.78, 5) is 22.7. The minimum atomic E-state index is -0.0907. The number of hydrogen-bond donors (Lipinski definition) is 1. The third-order valence-electron chi connectivity index (χ3n) is 3.36. The first kappa shape index (κ1) is 18.5. The van der Waals surface area contributed by atoms with Crippen LogP contribution in [-0.2, 0) is 16.1 Å². The number of carbonyl (C=O) groups excluding carboxylic acids is 1. The van der Waals surface area contributed by atoms with Crippen molar-refractivity contribution in [1.82, 2.24) is 14.9 Å². The Kier molecular flexibility index (Phi) is 6.84. The number of anilines is 1. The number of amides is 1. The molecule has 0 radical (unpaired) electrons. The second kappa shape index (κ2) is 8.86. The SMILES string of the molecule is CCO[C@H](C)c1nc(CN(C)CC(=O)Nc2ccc(C)cn2)cs1. The van der Waals surface area contributed by atoms with Crippen LogP contribution in [0.2, 0.25) is 0 Å². The van der Waals surface area contributed by atoms with Crippen molar-refractivity contribution in [2.45, 2.75) is 33.4 Å². The van der Waals surface area contributed by atoms with Crippen molar-refractivity contribution >= 4 is 23.1 Å². The highest BCUT2D eigenvalue weighted by molar-refractivity contribution is 7.09. The average Bonchev–Trinajstić information content (AvgIpc) is 2.98. The van der Waals surface area contributed by atoms with E-state index in [2.05, 4.69) is 15.3 Å². The predicted octanol–water partition coefficient (Wildman–Crippen LogP) is 3.01. The molecule has 1 N–H and O–H groups in total. The summed E-state index contributed by atoms with van der Waals surface area (Å²) in [7, 11) is 1.90. The zero-order chi connectivity index (χ0) is 17.5. The summed E-state index contributed by atoms with van der Waals surface area (Å²) < 4.78 is 5.55. The molecule has 0 unspecified atom stereocenters. The van der Waals surface area contributed by atoms with Gasteiger partial charge in [0.05, 0.1) is 12.2 Å². The molecule has 0 aromatic carbocycles. The van der Waals surface area contributed by atoms with Gasteiger partial charge in [-0.15, -0.1) is 11.3 Å². The number of aryl methyl sites for hydroxylation is 1. The maximum absolute atomic E-state index is 12.1. The molecule has 2 rings (SSSR count). The van der Waals surface area contributed by atoms with E-state index < -0.39 is 0 Å². The van der Waals surface area contributed by atoms with E-state index in [4.69, 9.17) is 4.74 Å². The molecular formula is C17H24N4O2S. The zero-order valence-corrected chi connectivity index (χ0v) is 15.4. The summed E-state index contributed by atoms with van der Waals surface area (Å²) in [5, 5.41) is 5.78. The molecule has 0 aliphatic carbocycles. The molecule has 0 saturated carbocycles. The lowest BCUT2D eigenvalue weighted by atomic mass is 10.3. The standard InChI is InChI=1S/C17H24N4O2S/c1-5-23-13(3)17-19-14(11-24-17)9-21(4)10-16(22)20-15-7-6-12(2)8-18-15/h6-8,11,13H,5,9-10H2,1-4H3,(H,18,20,22)/t13-/m1/s1. The normalized spacial score (nSPS) is 12.4. The Balaban J connectivity index is 1.83. The van der Waals surface area contributed by atoms with Crippen LogP contribution in [0.15, 0.2) is 23.7 Å². The van der Waals surface area contributed by atoms with Gasteiger partial charge in [0.2, 0.25) is 5.91 Å². The lowest BCUT2D eigenvalue weighted by Crippen LogP contribution is -2.30. The molecule has 0 spiro atoms. The van der Waals surface area contributed by atoms with Gasteiger partial charge in [-0.2, -0.15) is 0 Å². The average molecular weight is 348 g/mol. The number of carbonyl (C=O) groups is 1. The van der Waals surface area contributed by atoms with Gasteiger partial charge in [-0.1, -0.05) is 6.07 Å². The van der Waals surface area contributed by atoms with Crippen molar-refractivity contribution in [3.05, 3.63) is 40.0 Å². The van der Waals surface area contributed by atoms with Crippen LogP contribution in [0.25, 0.3) is 0 Å². The number of hydrogen-bond acceptors (Lipinski definition) is 6. The van der Waals surface area contributed by atoms with Crippen LogP contribution in [-0.4, -0.2) is 41.0 Å². The van der Waals surface area contributed by atoms with Gasteiger partial charge in [0.15, 0.2) is 0 Å². The predicted molar refractivity (Wildman–Crippen MR) is 96.1 cm³/mol. The first-order valence-corrected chi connectivity index (χ1v) is 8.82. The van der Waals surface area contributed by atoms with E-state index >= 15 is 0 Å². The number of rotatable bonds is 8. The van der Waals surface area contributed by atoms with Gasteiger partial charge in [0, 0.05) is 24.7 Å². The van der Waals surface area contributed by atoms with Gasteiger partial charge in [0.25, 0.3) is 0 Å². The number of nitrogens with zero attached hydrogens (tertiary/aromatic N) is 3. The molecule has 0 fully saturated rings. The highest BCUT2D eigenvalue weighted by Crippen LogP contribution is 2.21. The molecule has 1 amide bonds. The summed E-state index contributed by atoms with van der Waals surface area (Å²) in [6, 6.07) is 3.72. The van der Waals surface area contributed by atoms with Crippen molar-refractivity contribution in [1.29, 1.82) is 0 Å². The second-order valence-electron chi connectivity index (χ2n) is 5.72. The Hall–Kier alpha value is -1.83. The third-order valence-corrected chi connectivity index (χ3v) is 4.41. The van der Waals surface area contributed by atoms with Crippen molar-refractivity contribution in [3.8, 4) is 0 Å². The fraction of sp³-hybridized carbons (Fsp3) is 0.471. The van der Waals surface area contributed by atoms with E-state index in [1.165, 1.54) is 0 Å². The number of nitrogens with one attached hydrogen (secondary N) is 1. The van der Waals surface area contributed by atoms with Crippen LogP contribution in [0.5, 0.6) is 0 Å². The Morgan fingerprint density at radius 2 is 2.25 bits per heavy atom. The van der Waals surface area contributed by atoms with Crippen molar-refractivity contribution in [3.63, 3.8) is 0 Å². The summed E-state index contributed by atoms with van der Waals surface area (Å²) in [5.41, 5.74) is 2.01. The molecule has 0 saturated heterocycles. The van der Waals surface area contributed by atoms with Gasteiger partial charge < -0.3 is 10.1 Å². The molecule has 6 nitrogen and oxygen atoms in total. The van der Waals surface area contributed by atoms with Crippen LogP contribution in [0.3, 0.4) is 0 Å². The fourth-order valence-electron chi connectivity index (χ4n) is 2.20. The molecule has 1 atom stereocenters. The van der Waals surface area contributed by atoms with E-state index in [1.807, 2.05) is 44.2 Å². The van der Waals surface area contributed by atoms with E-state index in [0.29, 0.717) is 19.0 Å². The number of thiazole rings is 1. The molecule has 24 heavy (non-hydrogen) atoms. The van der Waals surface area contributed by atoms with Crippen LogP contribution in [0, 0.1) is 6.92 Å². The molecule has 2 aromatic heterocycles. The minimum Gasteiger partial charge on any atom is -0.372 e. The van der Waals surface area contributed by atoms with Crippen LogP contribution in [0.1, 0.15) is 36.2 Å². The van der Waals surface area contributed by atoms with Crippen LogP contribution >= 0.6 is 11.3 Å². The molecule has 0 aliphatic heterocycles. The highest BCUT2D eigenvalue weighted by atomic mass is 32.1. The largest absolute Gasteiger partial charge is 0.372 e. The summed E-state index contributed by atoms with van der Waals surface area (Å²) in [6.45, 7) is 7.50. The number of aromatic nitrogens is 2. The summed E-state index contributed by atoms with van der Waals surface area (Å²) in [5.74, 6) is 0.479. The lowest BCUT2D eigenvalue weighted by molar-refractivity contribution is -0.117. The summed E-state index contributed by atoms with van der Waals surface area (Å²) >= 11 is 1.59. The minimum absolute atomic E-state index is 0.00923. The van der Waals surface area contributed by atoms with Gasteiger partial charge in [-0.05, 0) is 39.4 Å². The fourth-order valence-corrected chi connectivity index (χ4v) is 3.02. The Bertz CT molecular complexity index is 657. The zero-order valence-electron chi connectivity index (χ0n) is 14.6. The number of ether oxygens (including phenoxy) is 1. The van der Waals surface area contributed by atoms with E-state index in [-0.39, 0.29) is 18.6 Å². The summed E-state index contributed by atoms with van der Waals surface area (Å²) in [6.07, 6.45) is 1.74. The van der Waals surface area contributed by atoms with E-state index in [1.54, 1.807) is 23.6 Å². The topological polar surface area (TPSA) is 67.3 Å². The van der Waals surface area contributed by atoms with Gasteiger partial charge in [-0.25, -0.2) is 9.97 Å². The molecule has 2 aromatic rings. The molecular weight excluding hydrogens is 324 g/mol. The van der Waals surface area contributed by atoms with Crippen LogP contribution in [0.4, 0.5) is 5.82 Å². The smallest absolute Gasteiger partial charge is 0.239 e. The van der Waals surface area contributed by atoms with E-state index in [0.717, 1.165) is 16.3 Å². The molecule has 0 aliphatic rings. The van der Waals surface area contributed by atoms with Gasteiger partial charge >= 0.3 is 0 Å². The Morgan fingerprint density at radius 3 is 2.92 bits per heavy atom. The van der Waals surface area contributed by atoms with Crippen LogP contribution < -0.4 is 5.32 Å². The maximum atomic E-state index is 12.1. The third kappa shape index (κ3) is 5.67. The second-order valence-corrected chi connectivity index (χ2v) is 6.61. The quantitative estimate of drug-likeness (QED) is 0.794. The van der Waals surface area contributed by atoms with Crippen molar-refractivity contribution in [2.75, 3.05) is 25.5 Å².